The van der Waals surface area contributed by atoms with Gasteiger partial charge in [0.25, 0.3) is 5.91 Å². The van der Waals surface area contributed by atoms with E-state index in [9.17, 15) is 9.90 Å². The molecule has 0 aliphatic carbocycles. The molecule has 0 atom stereocenters. The topological polar surface area (TPSA) is 102 Å². The molecule has 24 heavy (non-hydrogen) atoms. The van der Waals surface area contributed by atoms with Crippen molar-refractivity contribution >= 4 is 22.8 Å². The second-order valence-electron chi connectivity index (χ2n) is 5.42. The summed E-state index contributed by atoms with van der Waals surface area (Å²) in [6, 6.07) is 4.94. The van der Waals surface area contributed by atoms with Gasteiger partial charge in [0.15, 0.2) is 23.8 Å². The van der Waals surface area contributed by atoms with E-state index in [0.29, 0.717) is 11.5 Å². The Kier molecular flexibility index (Phi) is 4.03. The van der Waals surface area contributed by atoms with Crippen LogP contribution < -0.4 is 10.1 Å². The Morgan fingerprint density at radius 3 is 2.96 bits per heavy atom. The van der Waals surface area contributed by atoms with Crippen LogP contribution in [0.15, 0.2) is 24.4 Å². The third kappa shape index (κ3) is 2.98. The van der Waals surface area contributed by atoms with Crippen LogP contribution in [0.25, 0.3) is 11.0 Å². The van der Waals surface area contributed by atoms with E-state index in [1.165, 1.54) is 12.3 Å². The lowest BCUT2D eigenvalue weighted by molar-refractivity contribution is -0.118. The SMILES string of the molecule is Cc1cc(C)c2c(OCC(=O)Nc3ncccc3O)nn(C)c2n1. The molecular formula is C16H17N5O3. The van der Waals surface area contributed by atoms with Crippen LogP contribution in [-0.2, 0) is 11.8 Å². The number of hydrogen-bond donors (Lipinski definition) is 2. The molecule has 3 aromatic heterocycles. The smallest absolute Gasteiger partial charge is 0.263 e. The van der Waals surface area contributed by atoms with E-state index < -0.39 is 5.91 Å². The first-order valence-electron chi connectivity index (χ1n) is 7.33. The first kappa shape index (κ1) is 15.7. The molecule has 3 aromatic rings. The summed E-state index contributed by atoms with van der Waals surface area (Å²) in [6.07, 6.45) is 1.47. The van der Waals surface area contributed by atoms with Gasteiger partial charge in [-0.05, 0) is 37.6 Å². The summed E-state index contributed by atoms with van der Waals surface area (Å²) >= 11 is 0. The summed E-state index contributed by atoms with van der Waals surface area (Å²) in [7, 11) is 1.77. The maximum absolute atomic E-state index is 12.0. The second kappa shape index (κ2) is 6.15. The quantitative estimate of drug-likeness (QED) is 0.756. The predicted molar refractivity (Wildman–Crippen MR) is 88.0 cm³/mol. The molecule has 2 N–H and O–H groups in total. The van der Waals surface area contributed by atoms with Crippen LogP contribution in [0.4, 0.5) is 5.82 Å². The lowest BCUT2D eigenvalue weighted by Crippen LogP contribution is -2.21. The minimum Gasteiger partial charge on any atom is -0.504 e. The van der Waals surface area contributed by atoms with Gasteiger partial charge < -0.3 is 15.2 Å². The summed E-state index contributed by atoms with van der Waals surface area (Å²) in [5, 5.41) is 17.1. The van der Waals surface area contributed by atoms with Gasteiger partial charge in [-0.3, -0.25) is 4.79 Å². The van der Waals surface area contributed by atoms with Crippen molar-refractivity contribution in [3.05, 3.63) is 35.7 Å². The van der Waals surface area contributed by atoms with Crippen LogP contribution in [0.2, 0.25) is 0 Å². The first-order valence-corrected chi connectivity index (χ1v) is 7.33. The number of fused-ring (bicyclic) bond motifs is 1. The maximum Gasteiger partial charge on any atom is 0.263 e. The van der Waals surface area contributed by atoms with Crippen molar-refractivity contribution in [2.24, 2.45) is 7.05 Å². The molecule has 0 aromatic carbocycles. The Labute approximate surface area is 138 Å². The summed E-state index contributed by atoms with van der Waals surface area (Å²) in [6.45, 7) is 3.60. The number of aromatic hydroxyl groups is 1. The number of nitrogens with one attached hydrogen (secondary N) is 1. The second-order valence-corrected chi connectivity index (χ2v) is 5.42. The molecule has 124 valence electrons. The summed E-state index contributed by atoms with van der Waals surface area (Å²) in [4.78, 5) is 20.3. The Hall–Kier alpha value is -3.16. The van der Waals surface area contributed by atoms with Crippen molar-refractivity contribution in [1.29, 1.82) is 0 Å². The molecule has 0 aliphatic heterocycles. The lowest BCUT2D eigenvalue weighted by Gasteiger charge is -2.07. The van der Waals surface area contributed by atoms with E-state index in [2.05, 4.69) is 20.4 Å². The van der Waals surface area contributed by atoms with E-state index in [1.54, 1.807) is 17.8 Å². The zero-order chi connectivity index (χ0) is 17.3. The van der Waals surface area contributed by atoms with Crippen LogP contribution in [0, 0.1) is 13.8 Å². The number of aromatic nitrogens is 4. The van der Waals surface area contributed by atoms with Gasteiger partial charge in [-0.15, -0.1) is 5.10 Å². The Morgan fingerprint density at radius 1 is 1.42 bits per heavy atom. The molecule has 3 rings (SSSR count). The van der Waals surface area contributed by atoms with Crippen LogP contribution >= 0.6 is 0 Å². The number of aryl methyl sites for hydroxylation is 3. The summed E-state index contributed by atoms with van der Waals surface area (Å²) in [5.74, 6) is -0.117. The van der Waals surface area contributed by atoms with Crippen molar-refractivity contribution in [3.8, 4) is 11.6 Å². The monoisotopic (exact) mass is 327 g/mol. The van der Waals surface area contributed by atoms with Gasteiger partial charge in [-0.25, -0.2) is 14.6 Å². The lowest BCUT2D eigenvalue weighted by atomic mass is 10.2. The van der Waals surface area contributed by atoms with Gasteiger partial charge in [-0.2, -0.15) is 0 Å². The molecule has 0 radical (unpaired) electrons. The molecular weight excluding hydrogens is 310 g/mol. The van der Waals surface area contributed by atoms with Gasteiger partial charge in [-0.1, -0.05) is 0 Å². The number of pyridine rings is 2. The van der Waals surface area contributed by atoms with Crippen molar-refractivity contribution in [1.82, 2.24) is 19.7 Å². The predicted octanol–water partition coefficient (Wildman–Crippen LogP) is 1.70. The number of hydrogen-bond acceptors (Lipinski definition) is 6. The number of ether oxygens (including phenoxy) is 1. The van der Waals surface area contributed by atoms with Crippen molar-refractivity contribution < 1.29 is 14.6 Å². The zero-order valence-electron chi connectivity index (χ0n) is 13.6. The Balaban J connectivity index is 1.76. The average molecular weight is 327 g/mol. The number of carbonyl (C=O) groups is 1. The number of rotatable bonds is 4. The van der Waals surface area contributed by atoms with Crippen molar-refractivity contribution in [3.63, 3.8) is 0 Å². The van der Waals surface area contributed by atoms with Gasteiger partial charge in [0, 0.05) is 18.9 Å². The largest absolute Gasteiger partial charge is 0.504 e. The third-order valence-electron chi connectivity index (χ3n) is 3.47. The van der Waals surface area contributed by atoms with E-state index in [-0.39, 0.29) is 18.2 Å². The minimum atomic E-state index is -0.444. The fourth-order valence-corrected chi connectivity index (χ4v) is 2.45. The number of carbonyl (C=O) groups excluding carboxylic acids is 1. The highest BCUT2D eigenvalue weighted by molar-refractivity contribution is 5.92. The molecule has 0 aliphatic rings. The van der Waals surface area contributed by atoms with E-state index >= 15 is 0 Å². The van der Waals surface area contributed by atoms with Gasteiger partial charge >= 0.3 is 0 Å². The summed E-state index contributed by atoms with van der Waals surface area (Å²) in [5.41, 5.74) is 2.56. The van der Waals surface area contributed by atoms with E-state index in [1.807, 2.05) is 19.9 Å². The standard InChI is InChI=1S/C16H17N5O3/c1-9-7-10(2)18-15-13(9)16(20-21(15)3)24-8-12(23)19-14-11(22)5-4-6-17-14/h4-7,22H,8H2,1-3H3,(H,17,19,23). The highest BCUT2D eigenvalue weighted by Crippen LogP contribution is 2.27. The van der Waals surface area contributed by atoms with Gasteiger partial charge in [0.2, 0.25) is 5.88 Å². The molecule has 8 heteroatoms. The highest BCUT2D eigenvalue weighted by Gasteiger charge is 2.16. The van der Waals surface area contributed by atoms with Gasteiger partial charge in [0.1, 0.15) is 0 Å². The number of nitrogens with zero attached hydrogens (tertiary/aromatic N) is 4. The van der Waals surface area contributed by atoms with Crippen molar-refractivity contribution in [2.75, 3.05) is 11.9 Å². The number of amides is 1. The molecule has 0 fully saturated rings. The normalized spacial score (nSPS) is 10.8. The number of anilines is 1. The van der Waals surface area contributed by atoms with Crippen LogP contribution in [0.5, 0.6) is 11.6 Å². The molecule has 0 saturated carbocycles. The Morgan fingerprint density at radius 2 is 2.21 bits per heavy atom. The summed E-state index contributed by atoms with van der Waals surface area (Å²) < 4.78 is 7.16. The molecule has 1 amide bonds. The Bertz CT molecular complexity index is 919. The fourth-order valence-electron chi connectivity index (χ4n) is 2.45. The molecule has 8 nitrogen and oxygen atoms in total. The highest BCUT2D eigenvalue weighted by atomic mass is 16.5. The molecule has 0 bridgehead atoms. The maximum atomic E-state index is 12.0. The van der Waals surface area contributed by atoms with Gasteiger partial charge in [0.05, 0.1) is 5.39 Å². The van der Waals surface area contributed by atoms with Crippen LogP contribution in [-0.4, -0.2) is 37.4 Å². The van der Waals surface area contributed by atoms with E-state index in [0.717, 1.165) is 16.6 Å². The molecule has 3 heterocycles. The fraction of sp³-hybridized carbons (Fsp3) is 0.250. The first-order chi connectivity index (χ1) is 11.5. The molecule has 0 spiro atoms. The average Bonchev–Trinajstić information content (AvgIpc) is 2.84. The van der Waals surface area contributed by atoms with Crippen LogP contribution in [0.1, 0.15) is 11.3 Å². The third-order valence-corrected chi connectivity index (χ3v) is 3.47. The zero-order valence-corrected chi connectivity index (χ0v) is 13.6. The van der Waals surface area contributed by atoms with Crippen molar-refractivity contribution in [2.45, 2.75) is 13.8 Å². The van der Waals surface area contributed by atoms with E-state index in [4.69, 9.17) is 4.74 Å². The molecule has 0 saturated heterocycles. The van der Waals surface area contributed by atoms with Crippen LogP contribution in [0.3, 0.4) is 0 Å². The molecule has 0 unspecified atom stereocenters. The minimum absolute atomic E-state index is 0.0884.